The highest BCUT2D eigenvalue weighted by Crippen LogP contribution is 2.18. The molecule has 0 radical (unpaired) electrons. The summed E-state index contributed by atoms with van der Waals surface area (Å²) in [5.74, 6) is -1.16. The SMILES string of the molecule is O=C(O)c1cc(-n2nc[nH]c2=O)ccc1Cl. The molecule has 0 aliphatic rings. The van der Waals surface area contributed by atoms with E-state index in [1.165, 1.54) is 24.5 Å². The smallest absolute Gasteiger partial charge is 0.347 e. The van der Waals surface area contributed by atoms with Crippen LogP contribution in [0.4, 0.5) is 0 Å². The number of rotatable bonds is 2. The van der Waals surface area contributed by atoms with E-state index in [1.807, 2.05) is 0 Å². The first kappa shape index (κ1) is 10.4. The molecule has 7 heteroatoms. The summed E-state index contributed by atoms with van der Waals surface area (Å²) in [6, 6.07) is 4.20. The van der Waals surface area contributed by atoms with Crippen LogP contribution in [0, 0.1) is 0 Å². The van der Waals surface area contributed by atoms with Crippen LogP contribution < -0.4 is 5.69 Å². The molecule has 1 aromatic heterocycles. The van der Waals surface area contributed by atoms with Gasteiger partial charge < -0.3 is 5.11 Å². The number of H-pyrrole nitrogens is 1. The molecule has 2 N–H and O–H groups in total. The van der Waals surface area contributed by atoms with Crippen LogP contribution in [0.1, 0.15) is 10.4 Å². The molecule has 0 saturated heterocycles. The zero-order chi connectivity index (χ0) is 11.7. The zero-order valence-corrected chi connectivity index (χ0v) is 8.60. The van der Waals surface area contributed by atoms with Crippen molar-refractivity contribution in [2.75, 3.05) is 0 Å². The lowest BCUT2D eigenvalue weighted by Gasteiger charge is -2.02. The number of aromatic amines is 1. The van der Waals surface area contributed by atoms with E-state index in [0.29, 0.717) is 5.69 Å². The van der Waals surface area contributed by atoms with Crippen molar-refractivity contribution in [3.63, 3.8) is 0 Å². The number of carboxylic acids is 1. The molecule has 0 aliphatic heterocycles. The van der Waals surface area contributed by atoms with Crippen LogP contribution in [0.3, 0.4) is 0 Å². The predicted octanol–water partition coefficient (Wildman–Crippen LogP) is 0.912. The lowest BCUT2D eigenvalue weighted by atomic mass is 10.2. The minimum Gasteiger partial charge on any atom is -0.478 e. The average molecular weight is 240 g/mol. The molecule has 0 aliphatic carbocycles. The molecule has 1 heterocycles. The van der Waals surface area contributed by atoms with Crippen LogP contribution in [-0.2, 0) is 0 Å². The third-order valence-corrected chi connectivity index (χ3v) is 2.31. The van der Waals surface area contributed by atoms with Crippen molar-refractivity contribution in [1.29, 1.82) is 0 Å². The van der Waals surface area contributed by atoms with Crippen LogP contribution in [0.25, 0.3) is 5.69 Å². The number of aromatic carboxylic acids is 1. The molecule has 16 heavy (non-hydrogen) atoms. The predicted molar refractivity (Wildman–Crippen MR) is 56.2 cm³/mol. The van der Waals surface area contributed by atoms with E-state index in [2.05, 4.69) is 10.1 Å². The number of hydrogen-bond acceptors (Lipinski definition) is 3. The van der Waals surface area contributed by atoms with E-state index in [0.717, 1.165) is 4.68 Å². The normalized spacial score (nSPS) is 10.3. The molecule has 0 fully saturated rings. The number of nitrogens with zero attached hydrogens (tertiary/aromatic N) is 2. The number of halogens is 1. The highest BCUT2D eigenvalue weighted by molar-refractivity contribution is 6.33. The Hall–Kier alpha value is -2.08. The van der Waals surface area contributed by atoms with Gasteiger partial charge in [0.2, 0.25) is 0 Å². The summed E-state index contributed by atoms with van der Waals surface area (Å²) in [4.78, 5) is 24.4. The lowest BCUT2D eigenvalue weighted by Crippen LogP contribution is -2.16. The van der Waals surface area contributed by atoms with Gasteiger partial charge in [-0.2, -0.15) is 9.78 Å². The maximum Gasteiger partial charge on any atom is 0.347 e. The van der Waals surface area contributed by atoms with Crippen molar-refractivity contribution in [2.24, 2.45) is 0 Å². The third-order valence-electron chi connectivity index (χ3n) is 1.98. The molecule has 0 spiro atoms. The molecule has 2 rings (SSSR count). The summed E-state index contributed by atoms with van der Waals surface area (Å²) in [6.07, 6.45) is 1.22. The van der Waals surface area contributed by atoms with Gasteiger partial charge in [-0.1, -0.05) is 11.6 Å². The number of carboxylic acid groups (broad SMARTS) is 1. The fourth-order valence-corrected chi connectivity index (χ4v) is 1.45. The largest absolute Gasteiger partial charge is 0.478 e. The Morgan fingerprint density at radius 3 is 2.81 bits per heavy atom. The van der Waals surface area contributed by atoms with Gasteiger partial charge >= 0.3 is 11.7 Å². The Balaban J connectivity index is 2.61. The summed E-state index contributed by atoms with van der Waals surface area (Å²) >= 11 is 5.70. The Bertz CT molecular complexity index is 602. The molecule has 6 nitrogen and oxygen atoms in total. The first-order valence-corrected chi connectivity index (χ1v) is 4.63. The molecule has 0 saturated carbocycles. The van der Waals surface area contributed by atoms with Gasteiger partial charge in [-0.05, 0) is 18.2 Å². The molecule has 0 unspecified atom stereocenters. The van der Waals surface area contributed by atoms with Gasteiger partial charge in [-0.25, -0.2) is 9.59 Å². The molecular weight excluding hydrogens is 234 g/mol. The van der Waals surface area contributed by atoms with Gasteiger partial charge in [-0.15, -0.1) is 0 Å². The standard InChI is InChI=1S/C9H6ClN3O3/c10-7-2-1-5(3-6(7)8(14)15)13-9(16)11-4-12-13/h1-4H,(H,14,15)(H,11,12,16). The zero-order valence-electron chi connectivity index (χ0n) is 7.85. The number of nitrogens with one attached hydrogen (secondary N) is 1. The number of carbonyl (C=O) groups is 1. The van der Waals surface area contributed by atoms with Crippen molar-refractivity contribution in [1.82, 2.24) is 14.8 Å². The highest BCUT2D eigenvalue weighted by Gasteiger charge is 2.11. The van der Waals surface area contributed by atoms with E-state index in [-0.39, 0.29) is 10.6 Å². The topological polar surface area (TPSA) is 88.0 Å². The highest BCUT2D eigenvalue weighted by atomic mass is 35.5. The number of hydrogen-bond donors (Lipinski definition) is 2. The van der Waals surface area contributed by atoms with E-state index in [9.17, 15) is 9.59 Å². The van der Waals surface area contributed by atoms with E-state index >= 15 is 0 Å². The average Bonchev–Trinajstić information content (AvgIpc) is 2.65. The summed E-state index contributed by atoms with van der Waals surface area (Å²) in [5.41, 5.74) is -0.180. The molecule has 1 aromatic carbocycles. The second-order valence-corrected chi connectivity index (χ2v) is 3.38. The fourth-order valence-electron chi connectivity index (χ4n) is 1.25. The molecular formula is C9H6ClN3O3. The minimum absolute atomic E-state index is 0.0749. The van der Waals surface area contributed by atoms with Crippen LogP contribution in [0.15, 0.2) is 29.3 Å². The van der Waals surface area contributed by atoms with Crippen LogP contribution in [0.5, 0.6) is 0 Å². The molecule has 2 aromatic rings. The third kappa shape index (κ3) is 1.70. The van der Waals surface area contributed by atoms with E-state index < -0.39 is 11.7 Å². The lowest BCUT2D eigenvalue weighted by molar-refractivity contribution is 0.0697. The Kier molecular flexibility index (Phi) is 2.49. The minimum atomic E-state index is -1.16. The first-order chi connectivity index (χ1) is 7.59. The Morgan fingerprint density at radius 1 is 1.50 bits per heavy atom. The van der Waals surface area contributed by atoms with E-state index in [1.54, 1.807) is 0 Å². The first-order valence-electron chi connectivity index (χ1n) is 4.25. The van der Waals surface area contributed by atoms with Crippen LogP contribution >= 0.6 is 11.6 Å². The molecule has 0 amide bonds. The van der Waals surface area contributed by atoms with Gasteiger partial charge in [0.15, 0.2) is 0 Å². The van der Waals surface area contributed by atoms with Crippen molar-refractivity contribution in [3.05, 3.63) is 45.6 Å². The quantitative estimate of drug-likeness (QED) is 0.815. The second kappa shape index (κ2) is 3.82. The van der Waals surface area contributed by atoms with Gasteiger partial charge in [-0.3, -0.25) is 4.98 Å². The summed E-state index contributed by atoms with van der Waals surface area (Å²) in [6.45, 7) is 0. The van der Waals surface area contributed by atoms with Gasteiger partial charge in [0, 0.05) is 0 Å². The van der Waals surface area contributed by atoms with Crippen molar-refractivity contribution in [3.8, 4) is 5.69 Å². The maximum absolute atomic E-state index is 11.3. The molecule has 0 atom stereocenters. The molecule has 0 bridgehead atoms. The Labute approximate surface area is 94.1 Å². The summed E-state index contributed by atoms with van der Waals surface area (Å²) in [7, 11) is 0. The van der Waals surface area contributed by atoms with Gasteiger partial charge in [0.25, 0.3) is 0 Å². The number of aromatic nitrogens is 3. The van der Waals surface area contributed by atoms with Crippen LogP contribution in [0.2, 0.25) is 5.02 Å². The van der Waals surface area contributed by atoms with E-state index in [4.69, 9.17) is 16.7 Å². The van der Waals surface area contributed by atoms with Crippen molar-refractivity contribution in [2.45, 2.75) is 0 Å². The van der Waals surface area contributed by atoms with Crippen molar-refractivity contribution < 1.29 is 9.90 Å². The summed E-state index contributed by atoms with van der Waals surface area (Å²) in [5, 5.41) is 12.7. The summed E-state index contributed by atoms with van der Waals surface area (Å²) < 4.78 is 1.04. The maximum atomic E-state index is 11.3. The van der Waals surface area contributed by atoms with Crippen molar-refractivity contribution >= 4 is 17.6 Å². The Morgan fingerprint density at radius 2 is 2.25 bits per heavy atom. The monoisotopic (exact) mass is 239 g/mol. The van der Waals surface area contributed by atoms with Gasteiger partial charge in [0.05, 0.1) is 16.3 Å². The fraction of sp³-hybridized carbons (Fsp3) is 0. The van der Waals surface area contributed by atoms with Gasteiger partial charge in [0.1, 0.15) is 6.33 Å². The number of benzene rings is 1. The van der Waals surface area contributed by atoms with Crippen LogP contribution in [-0.4, -0.2) is 25.8 Å². The molecule has 82 valence electrons. The second-order valence-electron chi connectivity index (χ2n) is 2.98.